The van der Waals surface area contributed by atoms with Gasteiger partial charge < -0.3 is 16.0 Å². The minimum Gasteiger partial charge on any atom is -0.347 e. The fourth-order valence-corrected chi connectivity index (χ4v) is 4.52. The van der Waals surface area contributed by atoms with Gasteiger partial charge in [-0.1, -0.05) is 12.1 Å². The second-order valence-electron chi connectivity index (χ2n) is 6.71. The molecule has 1 aromatic carbocycles. The van der Waals surface area contributed by atoms with Gasteiger partial charge in [0.2, 0.25) is 5.91 Å². The van der Waals surface area contributed by atoms with Gasteiger partial charge in [0.15, 0.2) is 5.01 Å². The molecule has 1 saturated heterocycles. The minimum absolute atomic E-state index is 0.0909. The highest BCUT2D eigenvalue weighted by molar-refractivity contribution is 7.17. The molecule has 6 nitrogen and oxygen atoms in total. The van der Waals surface area contributed by atoms with E-state index in [0.717, 1.165) is 35.5 Å². The molecule has 130 valence electrons. The van der Waals surface area contributed by atoms with Crippen molar-refractivity contribution in [3.63, 3.8) is 0 Å². The van der Waals surface area contributed by atoms with E-state index in [0.29, 0.717) is 17.0 Å². The van der Waals surface area contributed by atoms with Gasteiger partial charge in [0, 0.05) is 37.4 Å². The van der Waals surface area contributed by atoms with Gasteiger partial charge in [0.1, 0.15) is 0 Å². The van der Waals surface area contributed by atoms with E-state index in [1.807, 2.05) is 24.3 Å². The monoisotopic (exact) mass is 356 g/mol. The Balaban J connectivity index is 1.46. The first-order valence-electron chi connectivity index (χ1n) is 8.46. The molecule has 7 heteroatoms. The van der Waals surface area contributed by atoms with Crippen LogP contribution in [0.25, 0.3) is 10.4 Å². The number of piperidine rings is 1. The van der Waals surface area contributed by atoms with Crippen molar-refractivity contribution in [1.82, 2.24) is 15.6 Å². The molecule has 1 aliphatic carbocycles. The topological polar surface area (TPSA) is 83.1 Å². The van der Waals surface area contributed by atoms with Gasteiger partial charge in [-0.2, -0.15) is 0 Å². The Bertz CT molecular complexity index is 819. The number of nitrogens with one attached hydrogen (secondary N) is 3. The van der Waals surface area contributed by atoms with Crippen molar-refractivity contribution in [2.24, 2.45) is 5.92 Å². The number of aromatic nitrogens is 1. The lowest BCUT2D eigenvalue weighted by molar-refractivity contribution is -0.114. The van der Waals surface area contributed by atoms with E-state index in [2.05, 4.69) is 20.9 Å². The largest absolute Gasteiger partial charge is 0.347 e. The highest BCUT2D eigenvalue weighted by Gasteiger charge is 2.40. The van der Waals surface area contributed by atoms with E-state index in [-0.39, 0.29) is 17.9 Å². The van der Waals surface area contributed by atoms with Crippen molar-refractivity contribution in [3.8, 4) is 10.4 Å². The third kappa shape index (κ3) is 3.43. The summed E-state index contributed by atoms with van der Waals surface area (Å²) in [5.74, 6) is 0.344. The number of hydrogen-bond acceptors (Lipinski definition) is 5. The maximum Gasteiger partial charge on any atom is 0.280 e. The van der Waals surface area contributed by atoms with Crippen LogP contribution < -0.4 is 16.0 Å². The van der Waals surface area contributed by atoms with Crippen LogP contribution in [0.15, 0.2) is 30.5 Å². The van der Waals surface area contributed by atoms with Crippen molar-refractivity contribution >= 4 is 28.8 Å². The summed E-state index contributed by atoms with van der Waals surface area (Å²) < 4.78 is 0. The van der Waals surface area contributed by atoms with Crippen LogP contribution in [0, 0.1) is 5.92 Å². The summed E-state index contributed by atoms with van der Waals surface area (Å²) in [7, 11) is 0. The van der Waals surface area contributed by atoms with Gasteiger partial charge in [-0.3, -0.25) is 9.59 Å². The molecule has 4 rings (SSSR count). The maximum absolute atomic E-state index is 12.5. The molecular weight excluding hydrogens is 336 g/mol. The number of amides is 2. The molecule has 2 aliphatic rings. The van der Waals surface area contributed by atoms with E-state index in [1.54, 1.807) is 6.20 Å². The first-order chi connectivity index (χ1) is 12.1. The Morgan fingerprint density at radius 1 is 1.32 bits per heavy atom. The SMILES string of the molecule is CC(=O)Nc1cccc(-c2cnc(C(=O)NC3CC4CC3CN4)s2)c1. The summed E-state index contributed by atoms with van der Waals surface area (Å²) >= 11 is 1.37. The number of benzene rings is 1. The minimum atomic E-state index is -0.109. The second-order valence-corrected chi connectivity index (χ2v) is 7.74. The number of thiazole rings is 1. The van der Waals surface area contributed by atoms with Gasteiger partial charge in [-0.05, 0) is 36.5 Å². The van der Waals surface area contributed by atoms with Crippen LogP contribution in [0.2, 0.25) is 0 Å². The number of carbonyl (C=O) groups is 2. The average molecular weight is 356 g/mol. The maximum atomic E-state index is 12.5. The quantitative estimate of drug-likeness (QED) is 0.785. The lowest BCUT2D eigenvalue weighted by Crippen LogP contribution is -2.44. The summed E-state index contributed by atoms with van der Waals surface area (Å²) in [4.78, 5) is 28.9. The van der Waals surface area contributed by atoms with Crippen molar-refractivity contribution in [3.05, 3.63) is 35.5 Å². The zero-order chi connectivity index (χ0) is 17.4. The van der Waals surface area contributed by atoms with Crippen molar-refractivity contribution < 1.29 is 9.59 Å². The molecule has 2 heterocycles. The highest BCUT2D eigenvalue weighted by atomic mass is 32.1. The van der Waals surface area contributed by atoms with Crippen LogP contribution in [0.4, 0.5) is 5.69 Å². The molecule has 1 aliphatic heterocycles. The summed E-state index contributed by atoms with van der Waals surface area (Å²) in [6.07, 6.45) is 3.88. The standard InChI is InChI=1S/C18H20N4O2S/c1-10(23)21-13-4-2-3-11(5-13)16-9-20-18(25-16)17(24)22-15-7-14-6-12(15)8-19-14/h2-5,9,12,14-15,19H,6-8H2,1H3,(H,21,23)(H,22,24). The zero-order valence-corrected chi connectivity index (χ0v) is 14.7. The summed E-state index contributed by atoms with van der Waals surface area (Å²) in [5.41, 5.74) is 1.67. The molecule has 25 heavy (non-hydrogen) atoms. The predicted octanol–water partition coefficient (Wildman–Crippen LogP) is 2.25. The van der Waals surface area contributed by atoms with Gasteiger partial charge in [0.05, 0.1) is 4.88 Å². The Hall–Kier alpha value is -2.25. The molecular formula is C18H20N4O2S. The molecule has 2 bridgehead atoms. The van der Waals surface area contributed by atoms with Crippen molar-refractivity contribution in [2.75, 3.05) is 11.9 Å². The van der Waals surface area contributed by atoms with Crippen molar-refractivity contribution in [2.45, 2.75) is 31.8 Å². The first kappa shape index (κ1) is 16.2. The normalized spacial score (nSPS) is 24.3. The Morgan fingerprint density at radius 2 is 2.20 bits per heavy atom. The predicted molar refractivity (Wildman–Crippen MR) is 97.6 cm³/mol. The smallest absolute Gasteiger partial charge is 0.280 e. The van der Waals surface area contributed by atoms with Gasteiger partial charge >= 0.3 is 0 Å². The first-order valence-corrected chi connectivity index (χ1v) is 9.28. The molecule has 1 saturated carbocycles. The number of anilines is 1. The Morgan fingerprint density at radius 3 is 2.92 bits per heavy atom. The molecule has 0 spiro atoms. The molecule has 3 N–H and O–H groups in total. The van der Waals surface area contributed by atoms with Crippen LogP contribution in [0.5, 0.6) is 0 Å². The van der Waals surface area contributed by atoms with Crippen LogP contribution in [-0.4, -0.2) is 35.4 Å². The molecule has 0 radical (unpaired) electrons. The fourth-order valence-electron chi connectivity index (χ4n) is 3.71. The lowest BCUT2D eigenvalue weighted by Gasteiger charge is -2.22. The fraction of sp³-hybridized carbons (Fsp3) is 0.389. The molecule has 2 fully saturated rings. The summed E-state index contributed by atoms with van der Waals surface area (Å²) in [6, 6.07) is 8.36. The molecule has 3 unspecified atom stereocenters. The molecule has 1 aromatic heterocycles. The van der Waals surface area contributed by atoms with Gasteiger partial charge in [-0.25, -0.2) is 4.98 Å². The highest BCUT2D eigenvalue weighted by Crippen LogP contribution is 2.32. The average Bonchev–Trinajstić information content (AvgIpc) is 3.31. The van der Waals surface area contributed by atoms with Crippen molar-refractivity contribution in [1.29, 1.82) is 0 Å². The number of nitrogens with zero attached hydrogens (tertiary/aromatic N) is 1. The summed E-state index contributed by atoms with van der Waals surface area (Å²) in [6.45, 7) is 2.47. The zero-order valence-electron chi connectivity index (χ0n) is 13.9. The Kier molecular flexibility index (Phi) is 4.27. The number of hydrogen-bond donors (Lipinski definition) is 3. The number of carbonyl (C=O) groups excluding carboxylic acids is 2. The number of fused-ring (bicyclic) bond motifs is 2. The van der Waals surface area contributed by atoms with Crippen LogP contribution in [0.1, 0.15) is 29.6 Å². The lowest BCUT2D eigenvalue weighted by atomic mass is 10.0. The summed E-state index contributed by atoms with van der Waals surface area (Å²) in [5, 5.41) is 9.84. The van der Waals surface area contributed by atoms with Crippen LogP contribution in [-0.2, 0) is 4.79 Å². The number of rotatable bonds is 4. The molecule has 3 atom stereocenters. The molecule has 2 aromatic rings. The van der Waals surface area contributed by atoms with Crippen LogP contribution >= 0.6 is 11.3 Å². The third-order valence-electron chi connectivity index (χ3n) is 4.85. The van der Waals surface area contributed by atoms with E-state index >= 15 is 0 Å². The van der Waals surface area contributed by atoms with Gasteiger partial charge in [0.25, 0.3) is 5.91 Å². The van der Waals surface area contributed by atoms with Crippen LogP contribution in [0.3, 0.4) is 0 Å². The van der Waals surface area contributed by atoms with E-state index in [9.17, 15) is 9.59 Å². The second kappa shape index (κ2) is 6.57. The Labute approximate surface area is 150 Å². The van der Waals surface area contributed by atoms with E-state index < -0.39 is 0 Å². The van der Waals surface area contributed by atoms with E-state index in [1.165, 1.54) is 18.3 Å². The third-order valence-corrected chi connectivity index (χ3v) is 5.89. The van der Waals surface area contributed by atoms with Gasteiger partial charge in [-0.15, -0.1) is 11.3 Å². The van der Waals surface area contributed by atoms with E-state index in [4.69, 9.17) is 0 Å². The molecule has 2 amide bonds.